The first kappa shape index (κ1) is 17.8. The Morgan fingerprint density at radius 2 is 2.30 bits per heavy atom. The predicted octanol–water partition coefficient (Wildman–Crippen LogP) is 2.96. The van der Waals surface area contributed by atoms with Gasteiger partial charge in [0.2, 0.25) is 0 Å². The molecule has 2 aromatic rings. The maximum absolute atomic E-state index is 12.9. The van der Waals surface area contributed by atoms with Crippen LogP contribution in [0.25, 0.3) is 11.3 Å². The summed E-state index contributed by atoms with van der Waals surface area (Å²) in [5, 5.41) is 7.59. The van der Waals surface area contributed by atoms with Gasteiger partial charge in [0.15, 0.2) is 0 Å². The molecule has 1 aromatic heterocycles. The van der Waals surface area contributed by atoms with Crippen molar-refractivity contribution in [3.8, 4) is 11.3 Å². The number of amides is 1. The smallest absolute Gasteiger partial charge is 0.257 e. The molecule has 1 amide bonds. The van der Waals surface area contributed by atoms with Crippen LogP contribution in [0.5, 0.6) is 0 Å². The van der Waals surface area contributed by atoms with E-state index in [1.54, 1.807) is 12.3 Å². The van der Waals surface area contributed by atoms with Crippen LogP contribution in [0.15, 0.2) is 30.5 Å². The predicted molar refractivity (Wildman–Crippen MR) is 93.9 cm³/mol. The molecule has 3 rings (SSSR count). The number of hydrogen-bond acceptors (Lipinski definition) is 3. The van der Waals surface area contributed by atoms with Crippen LogP contribution in [0.4, 0.5) is 0 Å². The SMILES string of the molecule is CC1CC(CN)CN1C(=O)c1cn[nH]c1-c1cccc(Cl)c1.Cl. The maximum Gasteiger partial charge on any atom is 0.257 e. The van der Waals surface area contributed by atoms with E-state index in [4.69, 9.17) is 17.3 Å². The third kappa shape index (κ3) is 3.52. The molecule has 3 N–H and O–H groups in total. The summed E-state index contributed by atoms with van der Waals surface area (Å²) in [5.41, 5.74) is 7.88. The molecule has 1 fully saturated rings. The first-order chi connectivity index (χ1) is 10.6. The second-order valence-electron chi connectivity index (χ2n) is 5.81. The normalized spacial score (nSPS) is 20.4. The lowest BCUT2D eigenvalue weighted by atomic mass is 10.1. The second-order valence-corrected chi connectivity index (χ2v) is 6.25. The van der Waals surface area contributed by atoms with Crippen LogP contribution in [-0.4, -0.2) is 40.1 Å². The van der Waals surface area contributed by atoms with E-state index >= 15 is 0 Å². The quantitative estimate of drug-likeness (QED) is 0.889. The topological polar surface area (TPSA) is 75.0 Å². The summed E-state index contributed by atoms with van der Waals surface area (Å²) in [6, 6.07) is 7.59. The molecule has 5 nitrogen and oxygen atoms in total. The Balaban J connectivity index is 0.00000192. The average Bonchev–Trinajstić information content (AvgIpc) is 3.13. The summed E-state index contributed by atoms with van der Waals surface area (Å²) in [5.74, 6) is 0.368. The highest BCUT2D eigenvalue weighted by Gasteiger charge is 2.33. The van der Waals surface area contributed by atoms with Gasteiger partial charge in [-0.2, -0.15) is 5.10 Å². The van der Waals surface area contributed by atoms with Gasteiger partial charge in [0, 0.05) is 23.2 Å². The summed E-state index contributed by atoms with van der Waals surface area (Å²) in [6.45, 7) is 3.38. The number of nitrogens with zero attached hydrogens (tertiary/aromatic N) is 2. The fourth-order valence-electron chi connectivity index (χ4n) is 3.06. The van der Waals surface area contributed by atoms with Crippen molar-refractivity contribution in [2.75, 3.05) is 13.1 Å². The van der Waals surface area contributed by atoms with E-state index in [2.05, 4.69) is 17.1 Å². The molecular weight excluding hydrogens is 335 g/mol. The van der Waals surface area contributed by atoms with Crippen molar-refractivity contribution in [2.45, 2.75) is 19.4 Å². The Bertz CT molecular complexity index is 688. The van der Waals surface area contributed by atoms with Gasteiger partial charge in [-0.15, -0.1) is 12.4 Å². The van der Waals surface area contributed by atoms with Crippen LogP contribution in [-0.2, 0) is 0 Å². The molecule has 0 spiro atoms. The van der Waals surface area contributed by atoms with Gasteiger partial charge in [0.1, 0.15) is 0 Å². The fourth-order valence-corrected chi connectivity index (χ4v) is 3.25. The number of halogens is 2. The molecule has 1 aliphatic heterocycles. The minimum Gasteiger partial charge on any atom is -0.335 e. The van der Waals surface area contributed by atoms with Crippen LogP contribution in [0.2, 0.25) is 5.02 Å². The molecule has 2 heterocycles. The van der Waals surface area contributed by atoms with E-state index in [-0.39, 0.29) is 24.4 Å². The molecular formula is C16H20Cl2N4O. The number of nitrogens with two attached hydrogens (primary N) is 1. The number of H-pyrrole nitrogens is 1. The Kier molecular flexibility index (Phi) is 5.68. The van der Waals surface area contributed by atoms with Gasteiger partial charge < -0.3 is 10.6 Å². The molecule has 1 saturated heterocycles. The zero-order chi connectivity index (χ0) is 15.7. The van der Waals surface area contributed by atoms with Crippen LogP contribution in [0, 0.1) is 5.92 Å². The number of likely N-dealkylation sites (tertiary alicyclic amines) is 1. The number of aromatic nitrogens is 2. The highest BCUT2D eigenvalue weighted by Crippen LogP contribution is 2.28. The Morgan fingerprint density at radius 1 is 1.52 bits per heavy atom. The molecule has 0 bridgehead atoms. The Morgan fingerprint density at radius 3 is 2.96 bits per heavy atom. The van der Waals surface area contributed by atoms with Crippen LogP contribution in [0.3, 0.4) is 0 Å². The van der Waals surface area contributed by atoms with Crippen LogP contribution >= 0.6 is 24.0 Å². The number of carbonyl (C=O) groups is 1. The fraction of sp³-hybridized carbons (Fsp3) is 0.375. The number of carbonyl (C=O) groups excluding carboxylic acids is 1. The number of aromatic amines is 1. The van der Waals surface area contributed by atoms with Gasteiger partial charge in [-0.3, -0.25) is 9.89 Å². The van der Waals surface area contributed by atoms with Crippen molar-refractivity contribution in [1.82, 2.24) is 15.1 Å². The summed E-state index contributed by atoms with van der Waals surface area (Å²) in [6.07, 6.45) is 2.54. The third-order valence-corrected chi connectivity index (χ3v) is 4.47. The molecule has 0 radical (unpaired) electrons. The average molecular weight is 355 g/mol. The Labute approximate surface area is 146 Å². The van der Waals surface area contributed by atoms with Crippen molar-refractivity contribution >= 4 is 29.9 Å². The molecule has 23 heavy (non-hydrogen) atoms. The van der Waals surface area contributed by atoms with Crippen molar-refractivity contribution in [3.63, 3.8) is 0 Å². The molecule has 7 heteroatoms. The van der Waals surface area contributed by atoms with E-state index in [1.807, 2.05) is 23.1 Å². The second kappa shape index (κ2) is 7.34. The van der Waals surface area contributed by atoms with Crippen LogP contribution in [0.1, 0.15) is 23.7 Å². The number of hydrogen-bond donors (Lipinski definition) is 2. The first-order valence-electron chi connectivity index (χ1n) is 7.40. The zero-order valence-corrected chi connectivity index (χ0v) is 14.4. The van der Waals surface area contributed by atoms with Crippen molar-refractivity contribution in [2.24, 2.45) is 11.7 Å². The number of nitrogens with one attached hydrogen (secondary N) is 1. The summed E-state index contributed by atoms with van der Waals surface area (Å²) in [4.78, 5) is 14.7. The van der Waals surface area contributed by atoms with Gasteiger partial charge in [-0.25, -0.2) is 0 Å². The Hall–Kier alpha value is -1.56. The van der Waals surface area contributed by atoms with Gasteiger partial charge in [-0.05, 0) is 37.9 Å². The lowest BCUT2D eigenvalue weighted by molar-refractivity contribution is 0.0744. The van der Waals surface area contributed by atoms with Crippen molar-refractivity contribution < 1.29 is 4.79 Å². The van der Waals surface area contributed by atoms with Crippen LogP contribution < -0.4 is 5.73 Å². The van der Waals surface area contributed by atoms with Crippen molar-refractivity contribution in [3.05, 3.63) is 41.0 Å². The number of benzene rings is 1. The third-order valence-electron chi connectivity index (χ3n) is 4.24. The van der Waals surface area contributed by atoms with Gasteiger partial charge in [0.05, 0.1) is 17.5 Å². The van der Waals surface area contributed by atoms with E-state index in [1.165, 1.54) is 0 Å². The minimum atomic E-state index is -0.00724. The van der Waals surface area contributed by atoms with E-state index in [0.717, 1.165) is 12.0 Å². The van der Waals surface area contributed by atoms with Gasteiger partial charge >= 0.3 is 0 Å². The molecule has 0 saturated carbocycles. The highest BCUT2D eigenvalue weighted by molar-refractivity contribution is 6.30. The van der Waals surface area contributed by atoms with Gasteiger partial charge in [0.25, 0.3) is 5.91 Å². The number of rotatable bonds is 3. The highest BCUT2D eigenvalue weighted by atomic mass is 35.5. The minimum absolute atomic E-state index is 0. The summed E-state index contributed by atoms with van der Waals surface area (Å²) < 4.78 is 0. The monoisotopic (exact) mass is 354 g/mol. The summed E-state index contributed by atoms with van der Waals surface area (Å²) >= 11 is 6.04. The molecule has 124 valence electrons. The van der Waals surface area contributed by atoms with E-state index in [0.29, 0.717) is 35.3 Å². The van der Waals surface area contributed by atoms with Crippen molar-refractivity contribution in [1.29, 1.82) is 0 Å². The largest absolute Gasteiger partial charge is 0.335 e. The molecule has 2 atom stereocenters. The molecule has 2 unspecified atom stereocenters. The zero-order valence-electron chi connectivity index (χ0n) is 12.8. The molecule has 1 aromatic carbocycles. The lowest BCUT2D eigenvalue weighted by Crippen LogP contribution is -2.34. The van der Waals surface area contributed by atoms with E-state index in [9.17, 15) is 4.79 Å². The molecule has 0 aliphatic carbocycles. The summed E-state index contributed by atoms with van der Waals surface area (Å²) in [7, 11) is 0. The first-order valence-corrected chi connectivity index (χ1v) is 7.78. The van der Waals surface area contributed by atoms with Gasteiger partial charge in [-0.1, -0.05) is 23.7 Å². The maximum atomic E-state index is 12.9. The lowest BCUT2D eigenvalue weighted by Gasteiger charge is -2.21. The van der Waals surface area contributed by atoms with E-state index < -0.39 is 0 Å². The molecule has 1 aliphatic rings. The standard InChI is InChI=1S/C16H19ClN4O.ClH/c1-10-5-11(7-18)9-21(10)16(22)14-8-19-20-15(14)12-3-2-4-13(17)6-12;/h2-4,6,8,10-11H,5,7,9,18H2,1H3,(H,19,20);1H.